The largest absolute Gasteiger partial charge is 0.496 e. The molecule has 0 aliphatic rings. The summed E-state index contributed by atoms with van der Waals surface area (Å²) >= 11 is 12.5. The van der Waals surface area contributed by atoms with Crippen molar-refractivity contribution < 1.29 is 9.26 Å². The van der Waals surface area contributed by atoms with Gasteiger partial charge in [0.2, 0.25) is 5.22 Å². The molecule has 16 heavy (non-hydrogen) atoms. The van der Waals surface area contributed by atoms with E-state index in [-0.39, 0.29) is 5.22 Å². The minimum Gasteiger partial charge on any atom is -0.496 e. The molecule has 2 aromatic rings. The third kappa shape index (κ3) is 2.12. The number of hydrogen-bond acceptors (Lipinski definition) is 3. The van der Waals surface area contributed by atoms with Gasteiger partial charge in [-0.3, -0.25) is 0 Å². The summed E-state index contributed by atoms with van der Waals surface area (Å²) in [5, 5.41) is 4.10. The second-order valence-corrected chi connectivity index (χ2v) is 4.96. The summed E-state index contributed by atoms with van der Waals surface area (Å²) in [6, 6.07) is 5.61. The molecule has 0 saturated heterocycles. The summed E-state index contributed by atoms with van der Waals surface area (Å²) in [7, 11) is 1.61. The third-order valence-corrected chi connectivity index (χ3v) is 3.86. The maximum absolute atomic E-state index is 5.77. The van der Waals surface area contributed by atoms with Gasteiger partial charge in [-0.2, -0.15) is 0 Å². The molecule has 0 N–H and O–H groups in total. The summed E-state index contributed by atoms with van der Waals surface area (Å²) < 4.78 is 11.5. The molecule has 0 unspecified atom stereocenters. The van der Waals surface area contributed by atoms with Crippen molar-refractivity contribution in [1.29, 1.82) is 0 Å². The van der Waals surface area contributed by atoms with E-state index in [4.69, 9.17) is 20.9 Å². The van der Waals surface area contributed by atoms with Gasteiger partial charge in [0, 0.05) is 5.56 Å². The van der Waals surface area contributed by atoms with Crippen LogP contribution in [0, 0.1) is 0 Å². The van der Waals surface area contributed by atoms with E-state index in [1.165, 1.54) is 0 Å². The van der Waals surface area contributed by atoms with Crippen molar-refractivity contribution in [2.75, 3.05) is 7.11 Å². The summed E-state index contributed by atoms with van der Waals surface area (Å²) in [5.41, 5.74) is 1.54. The van der Waals surface area contributed by atoms with Crippen LogP contribution in [0.5, 0.6) is 5.75 Å². The molecule has 84 valence electrons. The molecule has 0 fully saturated rings. The first-order valence-electron chi connectivity index (χ1n) is 4.28. The standard InChI is InChI=1S/C10H6Br2ClNO2/c1-15-7-3-2-5(4-6(7)11)9-8(12)10(13)16-14-9/h2-4H,1H3. The van der Waals surface area contributed by atoms with Crippen LogP contribution < -0.4 is 4.74 Å². The minimum absolute atomic E-state index is 0.238. The Kier molecular flexibility index (Phi) is 3.56. The van der Waals surface area contributed by atoms with E-state index in [1.54, 1.807) is 7.11 Å². The highest BCUT2D eigenvalue weighted by Crippen LogP contribution is 2.36. The average Bonchev–Trinajstić information content (AvgIpc) is 2.60. The van der Waals surface area contributed by atoms with E-state index in [9.17, 15) is 0 Å². The molecule has 3 nitrogen and oxygen atoms in total. The highest BCUT2D eigenvalue weighted by atomic mass is 79.9. The Labute approximate surface area is 114 Å². The lowest BCUT2D eigenvalue weighted by Crippen LogP contribution is -1.85. The van der Waals surface area contributed by atoms with Crippen LogP contribution in [0.4, 0.5) is 0 Å². The maximum Gasteiger partial charge on any atom is 0.240 e. The van der Waals surface area contributed by atoms with Crippen molar-refractivity contribution in [3.8, 4) is 17.0 Å². The van der Waals surface area contributed by atoms with E-state index in [2.05, 4.69) is 37.0 Å². The first kappa shape index (κ1) is 12.0. The molecule has 0 aliphatic carbocycles. The van der Waals surface area contributed by atoms with E-state index >= 15 is 0 Å². The smallest absolute Gasteiger partial charge is 0.240 e. The molecule has 0 saturated carbocycles. The molecule has 1 aromatic heterocycles. The second kappa shape index (κ2) is 4.77. The van der Waals surface area contributed by atoms with Crippen LogP contribution in [0.2, 0.25) is 5.22 Å². The number of methoxy groups -OCH3 is 1. The van der Waals surface area contributed by atoms with Gasteiger partial charge in [-0.15, -0.1) is 0 Å². The lowest BCUT2D eigenvalue weighted by Gasteiger charge is -2.04. The number of aromatic nitrogens is 1. The summed E-state index contributed by atoms with van der Waals surface area (Å²) in [5.74, 6) is 0.759. The molecular formula is C10H6Br2ClNO2. The van der Waals surface area contributed by atoms with Crippen molar-refractivity contribution in [3.05, 3.63) is 32.4 Å². The molecule has 0 atom stereocenters. The molecule has 0 spiro atoms. The Hall–Kier alpha value is -0.520. The minimum atomic E-state index is 0.238. The van der Waals surface area contributed by atoms with Crippen molar-refractivity contribution in [2.45, 2.75) is 0 Å². The van der Waals surface area contributed by atoms with Crippen LogP contribution in [0.1, 0.15) is 0 Å². The molecular weight excluding hydrogens is 361 g/mol. The van der Waals surface area contributed by atoms with Crippen LogP contribution in [0.15, 0.2) is 31.7 Å². The molecule has 2 rings (SSSR count). The zero-order valence-corrected chi connectivity index (χ0v) is 12.1. The zero-order chi connectivity index (χ0) is 11.7. The van der Waals surface area contributed by atoms with Gasteiger partial charge in [0.15, 0.2) is 0 Å². The number of nitrogens with zero attached hydrogens (tertiary/aromatic N) is 1. The van der Waals surface area contributed by atoms with Crippen LogP contribution in [0.3, 0.4) is 0 Å². The summed E-state index contributed by atoms with van der Waals surface area (Å²) in [6.45, 7) is 0. The predicted molar refractivity (Wildman–Crippen MR) is 68.9 cm³/mol. The third-order valence-electron chi connectivity index (χ3n) is 2.02. The fourth-order valence-corrected chi connectivity index (χ4v) is 2.29. The van der Waals surface area contributed by atoms with Crippen molar-refractivity contribution in [3.63, 3.8) is 0 Å². The van der Waals surface area contributed by atoms with Crippen LogP contribution in [-0.2, 0) is 0 Å². The number of benzene rings is 1. The van der Waals surface area contributed by atoms with E-state index in [0.29, 0.717) is 10.2 Å². The normalized spacial score (nSPS) is 10.5. The highest BCUT2D eigenvalue weighted by molar-refractivity contribution is 9.11. The van der Waals surface area contributed by atoms with Crippen LogP contribution in [0.25, 0.3) is 11.3 Å². The summed E-state index contributed by atoms with van der Waals surface area (Å²) in [6.07, 6.45) is 0. The lowest BCUT2D eigenvalue weighted by atomic mass is 10.1. The van der Waals surface area contributed by atoms with Crippen LogP contribution in [-0.4, -0.2) is 12.3 Å². The zero-order valence-electron chi connectivity index (χ0n) is 8.13. The van der Waals surface area contributed by atoms with Gasteiger partial charge in [0.05, 0.1) is 11.6 Å². The Bertz CT molecular complexity index is 528. The first-order valence-corrected chi connectivity index (χ1v) is 6.24. The fourth-order valence-electron chi connectivity index (χ4n) is 1.25. The van der Waals surface area contributed by atoms with E-state index in [0.717, 1.165) is 15.8 Å². The quantitative estimate of drug-likeness (QED) is 0.782. The van der Waals surface area contributed by atoms with Gasteiger partial charge < -0.3 is 9.26 Å². The van der Waals surface area contributed by atoms with Gasteiger partial charge in [0.25, 0.3) is 0 Å². The predicted octanol–water partition coefficient (Wildman–Crippen LogP) is 4.53. The molecule has 0 bridgehead atoms. The van der Waals surface area contributed by atoms with Crippen molar-refractivity contribution in [2.24, 2.45) is 0 Å². The number of hydrogen-bond donors (Lipinski definition) is 0. The van der Waals surface area contributed by atoms with Gasteiger partial charge in [-0.1, -0.05) is 5.16 Å². The molecule has 0 aliphatic heterocycles. The van der Waals surface area contributed by atoms with E-state index in [1.807, 2.05) is 18.2 Å². The van der Waals surface area contributed by atoms with Gasteiger partial charge in [0.1, 0.15) is 15.9 Å². The van der Waals surface area contributed by atoms with Crippen molar-refractivity contribution in [1.82, 2.24) is 5.16 Å². The Morgan fingerprint density at radius 2 is 2.12 bits per heavy atom. The Morgan fingerprint density at radius 1 is 1.38 bits per heavy atom. The van der Waals surface area contributed by atoms with Crippen LogP contribution >= 0.6 is 43.5 Å². The molecule has 0 radical (unpaired) electrons. The average molecular weight is 367 g/mol. The number of halogens is 3. The fraction of sp³-hybridized carbons (Fsp3) is 0.100. The molecule has 1 aromatic carbocycles. The van der Waals surface area contributed by atoms with Gasteiger partial charge in [-0.25, -0.2) is 0 Å². The molecule has 1 heterocycles. The highest BCUT2D eigenvalue weighted by Gasteiger charge is 2.14. The maximum atomic E-state index is 5.77. The van der Waals surface area contributed by atoms with Gasteiger partial charge >= 0.3 is 0 Å². The van der Waals surface area contributed by atoms with Gasteiger partial charge in [-0.05, 0) is 61.7 Å². The summed E-state index contributed by atoms with van der Waals surface area (Å²) in [4.78, 5) is 0. The lowest BCUT2D eigenvalue weighted by molar-refractivity contribution is 0.412. The Morgan fingerprint density at radius 3 is 2.62 bits per heavy atom. The topological polar surface area (TPSA) is 35.3 Å². The number of rotatable bonds is 2. The monoisotopic (exact) mass is 365 g/mol. The first-order chi connectivity index (χ1) is 7.63. The SMILES string of the molecule is COc1ccc(-c2noc(Cl)c2Br)cc1Br. The second-order valence-electron chi connectivity index (χ2n) is 2.97. The Balaban J connectivity index is 2.49. The molecule has 0 amide bonds. The molecule has 6 heteroatoms. The van der Waals surface area contributed by atoms with Crippen molar-refractivity contribution >= 4 is 43.5 Å². The van der Waals surface area contributed by atoms with E-state index < -0.39 is 0 Å². The number of ether oxygens (including phenoxy) is 1.